The Balaban J connectivity index is 2.47. The van der Waals surface area contributed by atoms with E-state index in [9.17, 15) is 18.4 Å². The van der Waals surface area contributed by atoms with Gasteiger partial charge in [0.05, 0.1) is 0 Å². The number of imide groups is 1. The number of carbonyl (C=O) groups excluding carboxylic acids is 2. The lowest BCUT2D eigenvalue weighted by molar-refractivity contribution is -0.682. The fourth-order valence-electron chi connectivity index (χ4n) is 1.76. The van der Waals surface area contributed by atoms with Gasteiger partial charge in [-0.3, -0.25) is 10.1 Å². The summed E-state index contributed by atoms with van der Waals surface area (Å²) in [6.45, 7) is 5.20. The van der Waals surface area contributed by atoms with Crippen molar-refractivity contribution < 1.29 is 23.7 Å². The number of hydrogen-bond donors (Lipinski definition) is 3. The summed E-state index contributed by atoms with van der Waals surface area (Å²) in [4.78, 5) is 22.9. The van der Waals surface area contributed by atoms with Gasteiger partial charge in [0.1, 0.15) is 17.7 Å². The lowest BCUT2D eigenvalue weighted by Gasteiger charge is -2.12. The molecule has 4 N–H and O–H groups in total. The van der Waals surface area contributed by atoms with E-state index < -0.39 is 23.6 Å². The van der Waals surface area contributed by atoms with Crippen molar-refractivity contribution in [2.45, 2.75) is 32.9 Å². The smallest absolute Gasteiger partial charge is 0.321 e. The number of nitrogens with one attached hydrogen (secondary N) is 2. The zero-order valence-electron chi connectivity index (χ0n) is 12.2. The first-order chi connectivity index (χ1) is 9.79. The van der Waals surface area contributed by atoms with E-state index in [0.29, 0.717) is 5.56 Å². The van der Waals surface area contributed by atoms with Crippen LogP contribution in [-0.4, -0.2) is 24.5 Å². The van der Waals surface area contributed by atoms with Crippen molar-refractivity contribution in [2.75, 3.05) is 6.54 Å². The molecule has 5 nitrogen and oxygen atoms in total. The number of amides is 3. The average molecular weight is 300 g/mol. The number of benzene rings is 1. The molecule has 0 aliphatic rings. The molecule has 0 radical (unpaired) electrons. The summed E-state index contributed by atoms with van der Waals surface area (Å²) in [5, 5.41) is 6.25. The van der Waals surface area contributed by atoms with Crippen LogP contribution in [0.1, 0.15) is 32.4 Å². The van der Waals surface area contributed by atoms with Crippen LogP contribution in [-0.2, 0) is 4.79 Å². The number of carbonyl (C=O) groups is 2. The molecular formula is C14H20F2N3O2+. The molecule has 0 saturated carbocycles. The first kappa shape index (κ1) is 17.0. The number of rotatable bonds is 5. The van der Waals surface area contributed by atoms with E-state index in [0.717, 1.165) is 6.07 Å². The average Bonchev–Trinajstić information content (AvgIpc) is 2.34. The van der Waals surface area contributed by atoms with Crippen LogP contribution in [0.15, 0.2) is 18.2 Å². The third kappa shape index (κ3) is 5.86. The van der Waals surface area contributed by atoms with E-state index in [1.165, 1.54) is 12.1 Å². The normalized spacial score (nSPS) is 12.1. The molecule has 7 heteroatoms. The highest BCUT2D eigenvalue weighted by molar-refractivity contribution is 5.94. The quantitative estimate of drug-likeness (QED) is 0.753. The summed E-state index contributed by atoms with van der Waals surface area (Å²) in [7, 11) is 0. The zero-order valence-corrected chi connectivity index (χ0v) is 12.2. The van der Waals surface area contributed by atoms with Gasteiger partial charge in [0.15, 0.2) is 6.54 Å². The predicted octanol–water partition coefficient (Wildman–Crippen LogP) is 0.823. The molecule has 1 atom stereocenters. The van der Waals surface area contributed by atoms with Crippen LogP contribution in [0.4, 0.5) is 13.6 Å². The van der Waals surface area contributed by atoms with Crippen molar-refractivity contribution in [3.63, 3.8) is 0 Å². The van der Waals surface area contributed by atoms with E-state index in [1.807, 2.05) is 0 Å². The van der Waals surface area contributed by atoms with Gasteiger partial charge < -0.3 is 10.6 Å². The number of hydrogen-bond acceptors (Lipinski definition) is 2. The minimum atomic E-state index is -0.656. The van der Waals surface area contributed by atoms with Crippen molar-refractivity contribution in [1.29, 1.82) is 0 Å². The lowest BCUT2D eigenvalue weighted by Crippen LogP contribution is -2.87. The molecule has 0 heterocycles. The molecule has 1 rings (SSSR count). The first-order valence-electron chi connectivity index (χ1n) is 6.68. The second-order valence-electron chi connectivity index (χ2n) is 5.07. The van der Waals surface area contributed by atoms with Crippen LogP contribution in [0.3, 0.4) is 0 Å². The summed E-state index contributed by atoms with van der Waals surface area (Å²) < 4.78 is 26.4. The number of urea groups is 1. The summed E-state index contributed by atoms with van der Waals surface area (Å²) in [6, 6.07) is 2.30. The topological polar surface area (TPSA) is 74.8 Å². The Kier molecular flexibility index (Phi) is 6.23. The van der Waals surface area contributed by atoms with Gasteiger partial charge in [-0.2, -0.15) is 0 Å². The van der Waals surface area contributed by atoms with Gasteiger partial charge in [-0.25, -0.2) is 13.6 Å². The van der Waals surface area contributed by atoms with Crippen LogP contribution >= 0.6 is 0 Å². The minimum absolute atomic E-state index is 0.0382. The predicted molar refractivity (Wildman–Crippen MR) is 73.4 cm³/mol. The van der Waals surface area contributed by atoms with Gasteiger partial charge in [0.25, 0.3) is 5.91 Å². The fourth-order valence-corrected chi connectivity index (χ4v) is 1.76. The Morgan fingerprint density at radius 1 is 1.24 bits per heavy atom. The van der Waals surface area contributed by atoms with E-state index in [-0.39, 0.29) is 18.6 Å². The second-order valence-corrected chi connectivity index (χ2v) is 5.07. The van der Waals surface area contributed by atoms with Crippen molar-refractivity contribution in [3.8, 4) is 0 Å². The summed E-state index contributed by atoms with van der Waals surface area (Å²) in [5.74, 6) is -1.79. The van der Waals surface area contributed by atoms with E-state index in [1.54, 1.807) is 26.1 Å². The monoisotopic (exact) mass is 300 g/mol. The van der Waals surface area contributed by atoms with Crippen LogP contribution in [0.25, 0.3) is 0 Å². The first-order valence-corrected chi connectivity index (χ1v) is 6.68. The van der Waals surface area contributed by atoms with Gasteiger partial charge in [-0.1, -0.05) is 0 Å². The molecule has 1 aromatic rings. The molecule has 0 spiro atoms. The molecule has 0 fully saturated rings. The molecule has 1 aromatic carbocycles. The van der Waals surface area contributed by atoms with Crippen LogP contribution in [0.2, 0.25) is 0 Å². The van der Waals surface area contributed by atoms with Crippen LogP contribution in [0, 0.1) is 11.6 Å². The third-order valence-corrected chi connectivity index (χ3v) is 2.78. The number of halogens is 2. The maximum Gasteiger partial charge on any atom is 0.321 e. The maximum absolute atomic E-state index is 13.6. The summed E-state index contributed by atoms with van der Waals surface area (Å²) >= 11 is 0. The molecule has 3 amide bonds. The maximum atomic E-state index is 13.6. The van der Waals surface area contributed by atoms with E-state index in [2.05, 4.69) is 10.6 Å². The van der Waals surface area contributed by atoms with Gasteiger partial charge >= 0.3 is 6.03 Å². The van der Waals surface area contributed by atoms with Crippen molar-refractivity contribution in [2.24, 2.45) is 0 Å². The highest BCUT2D eigenvalue weighted by atomic mass is 19.1. The molecule has 0 saturated heterocycles. The number of nitrogens with two attached hydrogens (primary N) is 1. The Morgan fingerprint density at radius 2 is 1.90 bits per heavy atom. The molecular weight excluding hydrogens is 280 g/mol. The van der Waals surface area contributed by atoms with Gasteiger partial charge in [0, 0.05) is 17.7 Å². The van der Waals surface area contributed by atoms with E-state index in [4.69, 9.17) is 0 Å². The standard InChI is InChI=1S/C14H19F2N3O2/c1-8(2)18-14(21)19-13(20)7-17-9(3)11-5-4-10(15)6-12(11)16/h4-6,8-9,17H,7H2,1-3H3,(H2,18,19,20,21)/p+1/t9-/m0/s1. The molecule has 21 heavy (non-hydrogen) atoms. The van der Waals surface area contributed by atoms with Crippen molar-refractivity contribution in [3.05, 3.63) is 35.4 Å². The highest BCUT2D eigenvalue weighted by Crippen LogP contribution is 2.14. The van der Waals surface area contributed by atoms with Gasteiger partial charge in [-0.15, -0.1) is 0 Å². The Bertz CT molecular complexity index is 521. The van der Waals surface area contributed by atoms with Crippen molar-refractivity contribution >= 4 is 11.9 Å². The molecule has 0 aliphatic carbocycles. The van der Waals surface area contributed by atoms with Crippen LogP contribution in [0.5, 0.6) is 0 Å². The molecule has 0 unspecified atom stereocenters. The van der Waals surface area contributed by atoms with Gasteiger partial charge in [0.2, 0.25) is 0 Å². The lowest BCUT2D eigenvalue weighted by atomic mass is 10.1. The Morgan fingerprint density at radius 3 is 2.48 bits per heavy atom. The zero-order chi connectivity index (χ0) is 16.0. The molecule has 0 aromatic heterocycles. The minimum Gasteiger partial charge on any atom is -0.336 e. The third-order valence-electron chi connectivity index (χ3n) is 2.78. The van der Waals surface area contributed by atoms with Crippen molar-refractivity contribution in [1.82, 2.24) is 10.6 Å². The summed E-state index contributed by atoms with van der Waals surface area (Å²) in [5.41, 5.74) is 0.302. The van der Waals surface area contributed by atoms with E-state index >= 15 is 0 Å². The molecule has 0 bridgehead atoms. The molecule has 0 aliphatic heterocycles. The fraction of sp³-hybridized carbons (Fsp3) is 0.429. The largest absolute Gasteiger partial charge is 0.336 e. The Hall–Kier alpha value is -2.02. The second kappa shape index (κ2) is 7.68. The number of quaternary nitrogens is 1. The summed E-state index contributed by atoms with van der Waals surface area (Å²) in [6.07, 6.45) is 0. The Labute approximate surface area is 122 Å². The molecule has 116 valence electrons. The highest BCUT2D eigenvalue weighted by Gasteiger charge is 2.17. The van der Waals surface area contributed by atoms with Crippen LogP contribution < -0.4 is 16.0 Å². The SMILES string of the molecule is CC(C)NC(=O)NC(=O)C[NH2+][C@@H](C)c1ccc(F)cc1F. The van der Waals surface area contributed by atoms with Gasteiger partial charge in [-0.05, 0) is 32.9 Å².